The molecule has 7 heteroatoms. The van der Waals surface area contributed by atoms with E-state index in [9.17, 15) is 4.79 Å². The molecule has 0 aromatic heterocycles. The summed E-state index contributed by atoms with van der Waals surface area (Å²) in [7, 11) is 2.09. The van der Waals surface area contributed by atoms with E-state index in [1.54, 1.807) is 0 Å². The summed E-state index contributed by atoms with van der Waals surface area (Å²) in [6.45, 7) is 8.80. The molecule has 5 rings (SSSR count). The van der Waals surface area contributed by atoms with Crippen LogP contribution in [0, 0.1) is 0 Å². The first-order valence-electron chi connectivity index (χ1n) is 14.3. The quantitative estimate of drug-likeness (QED) is 0.349. The Morgan fingerprint density at radius 3 is 2.00 bits per heavy atom. The number of amides is 1. The van der Waals surface area contributed by atoms with Gasteiger partial charge in [-0.1, -0.05) is 25.5 Å². The number of anilines is 5. The van der Waals surface area contributed by atoms with E-state index in [1.165, 1.54) is 5.69 Å². The Morgan fingerprint density at radius 2 is 1.43 bits per heavy atom. The molecule has 7 nitrogen and oxygen atoms in total. The molecule has 3 aromatic carbocycles. The highest BCUT2D eigenvalue weighted by Gasteiger charge is 2.15. The van der Waals surface area contributed by atoms with Crippen LogP contribution in [0.1, 0.15) is 35.7 Å². The fourth-order valence-electron chi connectivity index (χ4n) is 5.14. The number of benzene rings is 3. The van der Waals surface area contributed by atoms with Gasteiger partial charge in [-0.15, -0.1) is 0 Å². The van der Waals surface area contributed by atoms with E-state index >= 15 is 0 Å². The van der Waals surface area contributed by atoms with Gasteiger partial charge in [-0.2, -0.15) is 0 Å². The molecule has 3 aromatic rings. The van der Waals surface area contributed by atoms with Crippen molar-refractivity contribution in [1.29, 1.82) is 0 Å². The van der Waals surface area contributed by atoms with E-state index in [4.69, 9.17) is 9.47 Å². The maximum Gasteiger partial charge on any atom is 0.255 e. The third-order valence-corrected chi connectivity index (χ3v) is 7.52. The first-order valence-corrected chi connectivity index (χ1v) is 14.3. The number of nitrogens with zero attached hydrogens (tertiary/aromatic N) is 3. The average molecular weight is 541 g/mol. The second kappa shape index (κ2) is 13.5. The lowest BCUT2D eigenvalue weighted by Crippen LogP contribution is -2.36. The highest BCUT2D eigenvalue weighted by Crippen LogP contribution is 2.32. The minimum atomic E-state index is -0.114. The van der Waals surface area contributed by atoms with E-state index in [2.05, 4.69) is 82.5 Å². The summed E-state index contributed by atoms with van der Waals surface area (Å²) < 4.78 is 10.9. The summed E-state index contributed by atoms with van der Waals surface area (Å²) in [5.74, 6) is -0.114. The average Bonchev–Trinajstić information content (AvgIpc) is 3.02. The van der Waals surface area contributed by atoms with Gasteiger partial charge in [0.25, 0.3) is 5.91 Å². The third-order valence-electron chi connectivity index (χ3n) is 7.52. The van der Waals surface area contributed by atoms with Gasteiger partial charge >= 0.3 is 0 Å². The maximum atomic E-state index is 13.1. The molecule has 0 bridgehead atoms. The van der Waals surface area contributed by atoms with Crippen molar-refractivity contribution in [3.8, 4) is 0 Å². The summed E-state index contributed by atoms with van der Waals surface area (Å²) in [5.41, 5.74) is 7.01. The largest absolute Gasteiger partial charge is 0.378 e. The smallest absolute Gasteiger partial charge is 0.255 e. The number of ether oxygens (including phenoxy) is 2. The number of unbranched alkanes of at least 4 members (excludes halogenated alkanes) is 1. The summed E-state index contributed by atoms with van der Waals surface area (Å²) in [5, 5.41) is 3.10. The van der Waals surface area contributed by atoms with Crippen molar-refractivity contribution >= 4 is 40.4 Å². The predicted molar refractivity (Wildman–Crippen MR) is 165 cm³/mol. The van der Waals surface area contributed by atoms with Crippen LogP contribution in [0.4, 0.5) is 28.4 Å². The molecule has 0 atom stereocenters. The molecule has 0 radical (unpaired) electrons. The Hall–Kier alpha value is -3.81. The minimum Gasteiger partial charge on any atom is -0.378 e. The Balaban J connectivity index is 1.31. The van der Waals surface area contributed by atoms with Gasteiger partial charge in [-0.25, -0.2) is 0 Å². The molecule has 2 fully saturated rings. The molecule has 2 aliphatic heterocycles. The van der Waals surface area contributed by atoms with Crippen molar-refractivity contribution in [3.05, 3.63) is 83.9 Å². The van der Waals surface area contributed by atoms with Crippen molar-refractivity contribution in [2.24, 2.45) is 0 Å². The van der Waals surface area contributed by atoms with Crippen LogP contribution in [0.15, 0.2) is 72.8 Å². The van der Waals surface area contributed by atoms with Crippen LogP contribution in [0.3, 0.4) is 0 Å². The molecule has 0 unspecified atom stereocenters. The van der Waals surface area contributed by atoms with Crippen molar-refractivity contribution in [1.82, 2.24) is 0 Å². The molecule has 1 amide bonds. The Bertz CT molecular complexity index is 1280. The van der Waals surface area contributed by atoms with Crippen LogP contribution in [-0.4, -0.2) is 65.6 Å². The summed E-state index contributed by atoms with van der Waals surface area (Å²) >= 11 is 0. The first-order chi connectivity index (χ1) is 19.6. The second-order valence-electron chi connectivity index (χ2n) is 10.2. The fraction of sp³-hybridized carbons (Fsp3) is 0.364. The lowest BCUT2D eigenvalue weighted by molar-refractivity contribution is 0.102. The van der Waals surface area contributed by atoms with Gasteiger partial charge in [-0.05, 0) is 78.7 Å². The molecule has 2 heterocycles. The number of morpholine rings is 2. The van der Waals surface area contributed by atoms with Gasteiger partial charge in [0.2, 0.25) is 0 Å². The normalized spacial score (nSPS) is 15.8. The van der Waals surface area contributed by atoms with Gasteiger partial charge in [0, 0.05) is 67.2 Å². The van der Waals surface area contributed by atoms with Gasteiger partial charge in [0.05, 0.1) is 26.4 Å². The van der Waals surface area contributed by atoms with Crippen molar-refractivity contribution in [2.45, 2.75) is 19.8 Å². The van der Waals surface area contributed by atoms with Crippen molar-refractivity contribution < 1.29 is 14.3 Å². The van der Waals surface area contributed by atoms with E-state index in [1.807, 2.05) is 30.3 Å². The van der Waals surface area contributed by atoms with Gasteiger partial charge in [0.15, 0.2) is 0 Å². The molecule has 0 aliphatic carbocycles. The number of nitrogens with one attached hydrogen (secondary N) is 1. The van der Waals surface area contributed by atoms with E-state index in [0.717, 1.165) is 93.8 Å². The lowest BCUT2D eigenvalue weighted by atomic mass is 10.1. The zero-order valence-electron chi connectivity index (χ0n) is 23.6. The van der Waals surface area contributed by atoms with Crippen LogP contribution in [-0.2, 0) is 9.47 Å². The summed E-state index contributed by atoms with van der Waals surface area (Å²) in [4.78, 5) is 19.9. The van der Waals surface area contributed by atoms with E-state index in [0.29, 0.717) is 5.56 Å². The topological polar surface area (TPSA) is 57.3 Å². The SMILES string of the molecule is CCC/C=C/c1cc(NC(=O)c2ccc(N3CCOCC3)cc2)ccc1N(C)c1ccc(N2CCOCC2)cc1. The van der Waals surface area contributed by atoms with Crippen LogP contribution in [0.5, 0.6) is 0 Å². The number of carbonyl (C=O) groups is 1. The second-order valence-corrected chi connectivity index (χ2v) is 10.2. The Morgan fingerprint density at radius 1 is 0.850 bits per heavy atom. The third kappa shape index (κ3) is 6.84. The van der Waals surface area contributed by atoms with Crippen LogP contribution in [0.2, 0.25) is 0 Å². The summed E-state index contributed by atoms with van der Waals surface area (Å²) in [6.07, 6.45) is 6.44. The molecule has 210 valence electrons. The summed E-state index contributed by atoms with van der Waals surface area (Å²) in [6, 6.07) is 22.6. The number of rotatable bonds is 9. The zero-order chi connectivity index (χ0) is 27.7. The number of hydrogen-bond acceptors (Lipinski definition) is 6. The van der Waals surface area contributed by atoms with Crippen LogP contribution >= 0.6 is 0 Å². The van der Waals surface area contributed by atoms with E-state index in [-0.39, 0.29) is 5.91 Å². The number of allylic oxidation sites excluding steroid dienone is 1. The highest BCUT2D eigenvalue weighted by atomic mass is 16.5. The molecule has 1 N–H and O–H groups in total. The Labute approximate surface area is 238 Å². The lowest BCUT2D eigenvalue weighted by Gasteiger charge is -2.29. The van der Waals surface area contributed by atoms with Crippen molar-refractivity contribution in [2.75, 3.05) is 79.7 Å². The standard InChI is InChI=1S/C33H40N4O3/c1-3-4-5-6-27-25-28(34-33(38)26-7-10-30(11-8-26)36-17-21-39-22-18-36)9-16-32(27)35(2)29-12-14-31(15-13-29)37-19-23-40-24-20-37/h5-16,25H,3-4,17-24H2,1-2H3,(H,34,38)/b6-5+. The van der Waals surface area contributed by atoms with Gasteiger partial charge in [-0.3, -0.25) is 4.79 Å². The van der Waals surface area contributed by atoms with Gasteiger partial charge in [0.1, 0.15) is 0 Å². The van der Waals surface area contributed by atoms with Crippen LogP contribution in [0.25, 0.3) is 6.08 Å². The minimum absolute atomic E-state index is 0.114. The van der Waals surface area contributed by atoms with Crippen molar-refractivity contribution in [3.63, 3.8) is 0 Å². The Kier molecular flexibility index (Phi) is 9.37. The molecule has 0 spiro atoms. The predicted octanol–water partition coefficient (Wildman–Crippen LogP) is 6.19. The highest BCUT2D eigenvalue weighted by molar-refractivity contribution is 6.04. The fourth-order valence-corrected chi connectivity index (χ4v) is 5.14. The number of carbonyl (C=O) groups excluding carboxylic acids is 1. The molecular weight excluding hydrogens is 500 g/mol. The molecule has 2 aliphatic rings. The molecule has 40 heavy (non-hydrogen) atoms. The van der Waals surface area contributed by atoms with Gasteiger partial charge < -0.3 is 29.5 Å². The first kappa shape index (κ1) is 27.7. The molecule has 2 saturated heterocycles. The monoisotopic (exact) mass is 540 g/mol. The van der Waals surface area contributed by atoms with E-state index < -0.39 is 0 Å². The van der Waals surface area contributed by atoms with Crippen LogP contribution < -0.4 is 20.0 Å². The number of hydrogen-bond donors (Lipinski definition) is 1. The maximum absolute atomic E-state index is 13.1. The molecular formula is C33H40N4O3. The zero-order valence-corrected chi connectivity index (χ0v) is 23.6. The molecule has 0 saturated carbocycles.